The lowest BCUT2D eigenvalue weighted by Gasteiger charge is -2.04. The second kappa shape index (κ2) is 4.43. The second-order valence-electron chi connectivity index (χ2n) is 2.58. The molecule has 0 fully saturated rings. The Balaban J connectivity index is 2.98. The summed E-state index contributed by atoms with van der Waals surface area (Å²) in [5.74, 6) is 0.796. The fraction of sp³-hybridized carbons (Fsp3) is 0.300. The lowest BCUT2D eigenvalue weighted by atomic mass is 10.2. The summed E-state index contributed by atoms with van der Waals surface area (Å²) in [6.45, 7) is 4.43. The first kappa shape index (κ1) is 9.49. The molecule has 1 aromatic rings. The molecule has 13 heavy (non-hydrogen) atoms. The van der Waals surface area contributed by atoms with Gasteiger partial charge in [-0.15, -0.1) is 0 Å². The molecule has 0 aliphatic heterocycles. The largest absolute Gasteiger partial charge is 0.494 e. The van der Waals surface area contributed by atoms with Crippen LogP contribution in [0.1, 0.15) is 12.5 Å². The standard InChI is InChI=1S/C10H11NO2/c1-3-13-9-4-5-10(11-7-12)8(2)6-9/h4-6H,3H2,1-2H3. The molecule has 0 N–H and O–H groups in total. The van der Waals surface area contributed by atoms with Crippen LogP contribution >= 0.6 is 0 Å². The minimum Gasteiger partial charge on any atom is -0.494 e. The van der Waals surface area contributed by atoms with E-state index in [4.69, 9.17) is 4.74 Å². The zero-order valence-corrected chi connectivity index (χ0v) is 7.70. The van der Waals surface area contributed by atoms with E-state index in [9.17, 15) is 4.79 Å². The summed E-state index contributed by atoms with van der Waals surface area (Å²) in [4.78, 5) is 13.6. The highest BCUT2D eigenvalue weighted by Gasteiger charge is 1.98. The van der Waals surface area contributed by atoms with E-state index in [1.165, 1.54) is 6.08 Å². The van der Waals surface area contributed by atoms with Crippen molar-refractivity contribution < 1.29 is 9.53 Å². The zero-order chi connectivity index (χ0) is 9.68. The molecule has 0 atom stereocenters. The first-order valence-electron chi connectivity index (χ1n) is 4.09. The van der Waals surface area contributed by atoms with Gasteiger partial charge in [0.1, 0.15) is 5.75 Å². The maximum absolute atomic E-state index is 10.0. The third-order valence-electron chi connectivity index (χ3n) is 1.65. The average Bonchev–Trinajstić information content (AvgIpc) is 2.10. The Hall–Kier alpha value is -1.60. The van der Waals surface area contributed by atoms with Crippen LogP contribution in [0, 0.1) is 6.92 Å². The number of isocyanates is 1. The van der Waals surface area contributed by atoms with Gasteiger partial charge in [0.15, 0.2) is 0 Å². The van der Waals surface area contributed by atoms with Gasteiger partial charge in [-0.1, -0.05) is 0 Å². The monoisotopic (exact) mass is 177 g/mol. The number of aryl methyl sites for hydroxylation is 1. The Bertz CT molecular complexity index is 341. The molecule has 0 unspecified atom stereocenters. The smallest absolute Gasteiger partial charge is 0.240 e. The number of hydrogen-bond donors (Lipinski definition) is 0. The molecule has 3 nitrogen and oxygen atoms in total. The van der Waals surface area contributed by atoms with Crippen molar-refractivity contribution in [2.45, 2.75) is 13.8 Å². The van der Waals surface area contributed by atoms with E-state index in [0.29, 0.717) is 12.3 Å². The minimum atomic E-state index is 0.635. The van der Waals surface area contributed by atoms with Gasteiger partial charge < -0.3 is 4.74 Å². The maximum Gasteiger partial charge on any atom is 0.240 e. The van der Waals surface area contributed by atoms with Gasteiger partial charge in [-0.3, -0.25) is 0 Å². The summed E-state index contributed by atoms with van der Waals surface area (Å²) in [6, 6.07) is 5.37. The predicted octanol–water partition coefficient (Wildman–Crippen LogP) is 2.36. The molecular weight excluding hydrogens is 166 g/mol. The Labute approximate surface area is 77.1 Å². The van der Waals surface area contributed by atoms with Gasteiger partial charge in [0.05, 0.1) is 12.3 Å². The Morgan fingerprint density at radius 1 is 1.54 bits per heavy atom. The highest BCUT2D eigenvalue weighted by atomic mass is 16.5. The SMILES string of the molecule is CCOc1ccc(N=C=O)c(C)c1. The number of ether oxygens (including phenoxy) is 1. The second-order valence-corrected chi connectivity index (χ2v) is 2.58. The Morgan fingerprint density at radius 3 is 2.85 bits per heavy atom. The summed E-state index contributed by atoms with van der Waals surface area (Å²) >= 11 is 0. The van der Waals surface area contributed by atoms with Gasteiger partial charge in [0.25, 0.3) is 0 Å². The van der Waals surface area contributed by atoms with Gasteiger partial charge >= 0.3 is 0 Å². The van der Waals surface area contributed by atoms with Gasteiger partial charge in [-0.25, -0.2) is 4.79 Å². The molecule has 3 heteroatoms. The van der Waals surface area contributed by atoms with Crippen molar-refractivity contribution in [1.82, 2.24) is 0 Å². The van der Waals surface area contributed by atoms with Crippen molar-refractivity contribution in [2.75, 3.05) is 6.61 Å². The molecule has 0 spiro atoms. The minimum absolute atomic E-state index is 0.635. The maximum atomic E-state index is 10.0. The molecular formula is C10H11NO2. The van der Waals surface area contributed by atoms with E-state index in [1.807, 2.05) is 19.9 Å². The van der Waals surface area contributed by atoms with Crippen LogP contribution in [0.25, 0.3) is 0 Å². The number of rotatable bonds is 3. The number of carbonyl (C=O) groups excluding carboxylic acids is 1. The molecule has 0 aromatic heterocycles. The normalized spacial score (nSPS) is 9.08. The van der Waals surface area contributed by atoms with Crippen LogP contribution in [-0.4, -0.2) is 12.7 Å². The van der Waals surface area contributed by atoms with Gasteiger partial charge in [0, 0.05) is 0 Å². The topological polar surface area (TPSA) is 38.7 Å². The van der Waals surface area contributed by atoms with Crippen LogP contribution in [0.2, 0.25) is 0 Å². The number of nitrogens with zero attached hydrogens (tertiary/aromatic N) is 1. The number of benzene rings is 1. The number of aliphatic imine (C=N–C) groups is 1. The van der Waals surface area contributed by atoms with Crippen LogP contribution in [-0.2, 0) is 4.79 Å². The molecule has 0 radical (unpaired) electrons. The Kier molecular flexibility index (Phi) is 3.23. The third-order valence-corrected chi connectivity index (χ3v) is 1.65. The van der Waals surface area contributed by atoms with Gasteiger partial charge in [0.2, 0.25) is 6.08 Å². The lowest BCUT2D eigenvalue weighted by Crippen LogP contribution is -1.91. The van der Waals surface area contributed by atoms with E-state index in [1.54, 1.807) is 12.1 Å². The molecule has 1 aromatic carbocycles. The first-order valence-corrected chi connectivity index (χ1v) is 4.09. The van der Waals surface area contributed by atoms with Crippen molar-refractivity contribution in [2.24, 2.45) is 4.99 Å². The van der Waals surface area contributed by atoms with Crippen LogP contribution in [0.3, 0.4) is 0 Å². The molecule has 0 saturated heterocycles. The summed E-state index contributed by atoms with van der Waals surface area (Å²) in [6.07, 6.45) is 1.51. The molecule has 0 bridgehead atoms. The summed E-state index contributed by atoms with van der Waals surface area (Å²) < 4.78 is 5.28. The van der Waals surface area contributed by atoms with Crippen molar-refractivity contribution >= 4 is 11.8 Å². The fourth-order valence-corrected chi connectivity index (χ4v) is 1.06. The van der Waals surface area contributed by atoms with Crippen molar-refractivity contribution in [3.63, 3.8) is 0 Å². The Morgan fingerprint density at radius 2 is 2.31 bits per heavy atom. The van der Waals surface area contributed by atoms with Crippen LogP contribution in [0.15, 0.2) is 23.2 Å². The van der Waals surface area contributed by atoms with E-state index in [-0.39, 0.29) is 0 Å². The molecule has 1 rings (SSSR count). The van der Waals surface area contributed by atoms with E-state index < -0.39 is 0 Å². The molecule has 0 saturated carbocycles. The number of hydrogen-bond acceptors (Lipinski definition) is 3. The van der Waals surface area contributed by atoms with Crippen LogP contribution in [0.4, 0.5) is 5.69 Å². The molecule has 0 aliphatic carbocycles. The fourth-order valence-electron chi connectivity index (χ4n) is 1.06. The van der Waals surface area contributed by atoms with Gasteiger partial charge in [-0.2, -0.15) is 4.99 Å². The molecule has 0 aliphatic rings. The van der Waals surface area contributed by atoms with Gasteiger partial charge in [-0.05, 0) is 37.6 Å². The highest BCUT2D eigenvalue weighted by Crippen LogP contribution is 2.23. The summed E-state index contributed by atoms with van der Waals surface area (Å²) in [7, 11) is 0. The van der Waals surface area contributed by atoms with Crippen LogP contribution < -0.4 is 4.74 Å². The zero-order valence-electron chi connectivity index (χ0n) is 7.70. The highest BCUT2D eigenvalue weighted by molar-refractivity contribution is 5.55. The van der Waals surface area contributed by atoms with E-state index in [2.05, 4.69) is 4.99 Å². The quantitative estimate of drug-likeness (QED) is 0.525. The van der Waals surface area contributed by atoms with Crippen molar-refractivity contribution in [3.05, 3.63) is 23.8 Å². The van der Waals surface area contributed by atoms with E-state index in [0.717, 1.165) is 11.3 Å². The predicted molar refractivity (Wildman–Crippen MR) is 50.1 cm³/mol. The molecule has 0 amide bonds. The third kappa shape index (κ3) is 2.42. The van der Waals surface area contributed by atoms with Crippen molar-refractivity contribution in [1.29, 1.82) is 0 Å². The van der Waals surface area contributed by atoms with E-state index >= 15 is 0 Å². The summed E-state index contributed by atoms with van der Waals surface area (Å²) in [5, 5.41) is 0. The van der Waals surface area contributed by atoms with Crippen molar-refractivity contribution in [3.8, 4) is 5.75 Å². The average molecular weight is 177 g/mol. The summed E-state index contributed by atoms with van der Waals surface area (Å²) in [5.41, 5.74) is 1.55. The molecule has 0 heterocycles. The van der Waals surface area contributed by atoms with Crippen LogP contribution in [0.5, 0.6) is 5.75 Å². The first-order chi connectivity index (χ1) is 6.27. The lowest BCUT2D eigenvalue weighted by molar-refractivity contribution is 0.340. The molecule has 68 valence electrons.